The van der Waals surface area contributed by atoms with Gasteiger partial charge in [0.05, 0.1) is 23.0 Å². The van der Waals surface area contributed by atoms with E-state index in [4.69, 9.17) is 10.5 Å². The molecule has 10 nitrogen and oxygen atoms in total. The van der Waals surface area contributed by atoms with Crippen molar-refractivity contribution in [3.8, 4) is 0 Å². The molecule has 0 aliphatic carbocycles. The Bertz CT molecular complexity index is 692. The van der Waals surface area contributed by atoms with Gasteiger partial charge in [-0.3, -0.25) is 15.1 Å². The van der Waals surface area contributed by atoms with E-state index in [2.05, 4.69) is 15.0 Å². The highest BCUT2D eigenvalue weighted by Crippen LogP contribution is 2.16. The fourth-order valence-corrected chi connectivity index (χ4v) is 2.85. The van der Waals surface area contributed by atoms with Crippen molar-refractivity contribution in [2.24, 2.45) is 10.7 Å². The van der Waals surface area contributed by atoms with Gasteiger partial charge < -0.3 is 15.8 Å². The number of hydrogen-bond acceptors (Lipinski definition) is 6. The number of sulfonamides is 1. The quantitative estimate of drug-likeness (QED) is 0.182. The highest BCUT2D eigenvalue weighted by molar-refractivity contribution is 7.89. The molecule has 0 fully saturated rings. The van der Waals surface area contributed by atoms with E-state index in [-0.39, 0.29) is 35.7 Å². The number of nitrogens with one attached hydrogen (secondary N) is 2. The molecular formula is C13H21N5O5S. The maximum absolute atomic E-state index is 12.1. The number of guanidine groups is 1. The van der Waals surface area contributed by atoms with Crippen LogP contribution >= 0.6 is 0 Å². The molecule has 1 aromatic rings. The summed E-state index contributed by atoms with van der Waals surface area (Å²) in [5.74, 6) is 0.175. The zero-order valence-electron chi connectivity index (χ0n) is 13.4. The molecule has 0 bridgehead atoms. The molecule has 0 spiro atoms. The van der Waals surface area contributed by atoms with E-state index in [1.54, 1.807) is 7.11 Å². The first-order chi connectivity index (χ1) is 11.3. The lowest BCUT2D eigenvalue weighted by atomic mass is 10.3. The summed E-state index contributed by atoms with van der Waals surface area (Å²) in [4.78, 5) is 13.8. The maximum atomic E-state index is 12.1. The molecule has 0 aliphatic rings. The van der Waals surface area contributed by atoms with Gasteiger partial charge in [-0.15, -0.1) is 0 Å². The van der Waals surface area contributed by atoms with Crippen LogP contribution in [0.25, 0.3) is 0 Å². The van der Waals surface area contributed by atoms with Crippen molar-refractivity contribution in [1.29, 1.82) is 0 Å². The van der Waals surface area contributed by atoms with Gasteiger partial charge in [-0.1, -0.05) is 6.07 Å². The lowest BCUT2D eigenvalue weighted by molar-refractivity contribution is -0.385. The van der Waals surface area contributed by atoms with Crippen molar-refractivity contribution in [3.05, 3.63) is 34.4 Å². The average Bonchev–Trinajstić information content (AvgIpc) is 2.52. The SMILES string of the molecule is COCC(C)NC(N)=NCCNS(=O)(=O)c1cccc([N+](=O)[O-])c1. The summed E-state index contributed by atoms with van der Waals surface area (Å²) >= 11 is 0. The van der Waals surface area contributed by atoms with Crippen LogP contribution in [0.15, 0.2) is 34.2 Å². The molecule has 0 aromatic heterocycles. The molecule has 24 heavy (non-hydrogen) atoms. The number of nitrogens with zero attached hydrogens (tertiary/aromatic N) is 2. The van der Waals surface area contributed by atoms with Crippen LogP contribution in [0.4, 0.5) is 5.69 Å². The smallest absolute Gasteiger partial charge is 0.270 e. The topological polar surface area (TPSA) is 149 Å². The van der Waals surface area contributed by atoms with Crippen LogP contribution in [0.1, 0.15) is 6.92 Å². The standard InChI is InChI=1S/C13H21N5O5S/c1-10(9-23-2)17-13(14)15-6-7-16-24(21,22)12-5-3-4-11(8-12)18(19)20/h3-5,8,10,16H,6-7,9H2,1-2H3,(H3,14,15,17). The molecule has 0 aliphatic heterocycles. The lowest BCUT2D eigenvalue weighted by Gasteiger charge is -2.13. The fourth-order valence-electron chi connectivity index (χ4n) is 1.79. The number of nitro groups is 1. The Morgan fingerprint density at radius 3 is 2.83 bits per heavy atom. The zero-order valence-corrected chi connectivity index (χ0v) is 14.2. The van der Waals surface area contributed by atoms with Crippen LogP contribution < -0.4 is 15.8 Å². The third kappa shape index (κ3) is 6.48. The molecule has 4 N–H and O–H groups in total. The monoisotopic (exact) mass is 359 g/mol. The Kier molecular flexibility index (Phi) is 7.55. The first-order valence-corrected chi connectivity index (χ1v) is 8.54. The molecule has 1 atom stereocenters. The highest BCUT2D eigenvalue weighted by Gasteiger charge is 2.16. The molecule has 11 heteroatoms. The van der Waals surface area contributed by atoms with Crippen molar-refractivity contribution >= 4 is 21.7 Å². The van der Waals surface area contributed by atoms with Crippen molar-refractivity contribution in [2.45, 2.75) is 17.9 Å². The van der Waals surface area contributed by atoms with Crippen molar-refractivity contribution in [2.75, 3.05) is 26.8 Å². The van der Waals surface area contributed by atoms with Gasteiger partial charge in [0.25, 0.3) is 5.69 Å². The average molecular weight is 359 g/mol. The largest absolute Gasteiger partial charge is 0.383 e. The Morgan fingerprint density at radius 1 is 1.50 bits per heavy atom. The van der Waals surface area contributed by atoms with Crippen molar-refractivity contribution in [1.82, 2.24) is 10.0 Å². The van der Waals surface area contributed by atoms with Gasteiger partial charge in [0.1, 0.15) is 0 Å². The summed E-state index contributed by atoms with van der Waals surface area (Å²) in [6, 6.07) is 4.77. The molecule has 134 valence electrons. The first kappa shape index (κ1) is 19.8. The number of aliphatic imine (C=N–C) groups is 1. The van der Waals surface area contributed by atoms with Crippen LogP contribution in [0, 0.1) is 10.1 Å². The molecular weight excluding hydrogens is 338 g/mol. The molecule has 1 aromatic carbocycles. The Morgan fingerprint density at radius 2 is 2.21 bits per heavy atom. The molecule has 0 heterocycles. The van der Waals surface area contributed by atoms with E-state index in [1.807, 2.05) is 6.92 Å². The highest BCUT2D eigenvalue weighted by atomic mass is 32.2. The van der Waals surface area contributed by atoms with Crippen LogP contribution in [0.2, 0.25) is 0 Å². The molecule has 0 saturated heterocycles. The van der Waals surface area contributed by atoms with Gasteiger partial charge in [-0.25, -0.2) is 13.1 Å². The number of non-ortho nitro benzene ring substituents is 1. The van der Waals surface area contributed by atoms with Crippen LogP contribution in [-0.2, 0) is 14.8 Å². The van der Waals surface area contributed by atoms with E-state index in [1.165, 1.54) is 18.2 Å². The van der Waals surface area contributed by atoms with Crippen molar-refractivity contribution < 1.29 is 18.1 Å². The van der Waals surface area contributed by atoms with Crippen LogP contribution in [-0.4, -0.2) is 52.1 Å². The van der Waals surface area contributed by atoms with Gasteiger partial charge in [-0.2, -0.15) is 0 Å². The first-order valence-electron chi connectivity index (χ1n) is 7.05. The summed E-state index contributed by atoms with van der Waals surface area (Å²) in [7, 11) is -2.29. The number of methoxy groups -OCH3 is 1. The number of nitrogens with two attached hydrogens (primary N) is 1. The van der Waals surface area contributed by atoms with Gasteiger partial charge in [0.15, 0.2) is 5.96 Å². The third-order valence-corrected chi connectivity index (χ3v) is 4.29. The number of rotatable bonds is 9. The Labute approximate surface area is 140 Å². The van der Waals surface area contributed by atoms with Crippen molar-refractivity contribution in [3.63, 3.8) is 0 Å². The maximum Gasteiger partial charge on any atom is 0.270 e. The lowest BCUT2D eigenvalue weighted by Crippen LogP contribution is -2.41. The number of nitro benzene ring substituents is 1. The minimum atomic E-state index is -3.85. The van der Waals surface area contributed by atoms with E-state index in [0.29, 0.717) is 6.61 Å². The number of hydrogen-bond donors (Lipinski definition) is 3. The van der Waals surface area contributed by atoms with Crippen LogP contribution in [0.5, 0.6) is 0 Å². The molecule has 0 radical (unpaired) electrons. The summed E-state index contributed by atoms with van der Waals surface area (Å²) in [6.45, 7) is 2.44. The van der Waals surface area contributed by atoms with Gasteiger partial charge >= 0.3 is 0 Å². The predicted molar refractivity (Wildman–Crippen MR) is 89.2 cm³/mol. The van der Waals surface area contributed by atoms with Gasteiger partial charge in [-0.05, 0) is 13.0 Å². The summed E-state index contributed by atoms with van der Waals surface area (Å²) in [5, 5.41) is 13.6. The second-order valence-corrected chi connectivity index (χ2v) is 6.69. The number of ether oxygens (including phenoxy) is 1. The fraction of sp³-hybridized carbons (Fsp3) is 0.462. The van der Waals surface area contributed by atoms with E-state index < -0.39 is 14.9 Å². The third-order valence-electron chi connectivity index (χ3n) is 2.84. The van der Waals surface area contributed by atoms with Gasteiger partial charge in [0, 0.05) is 31.8 Å². The summed E-state index contributed by atoms with van der Waals surface area (Å²) in [5.41, 5.74) is 5.36. The van der Waals surface area contributed by atoms with Crippen LogP contribution in [0.3, 0.4) is 0 Å². The Hall–Kier alpha value is -2.24. The zero-order chi connectivity index (χ0) is 18.2. The molecule has 0 amide bonds. The Balaban J connectivity index is 2.57. The minimum Gasteiger partial charge on any atom is -0.383 e. The molecule has 0 saturated carbocycles. The van der Waals surface area contributed by atoms with E-state index in [0.717, 1.165) is 6.07 Å². The molecule has 1 rings (SSSR count). The number of benzene rings is 1. The minimum absolute atomic E-state index is 0.00602. The second-order valence-electron chi connectivity index (χ2n) is 4.92. The second kappa shape index (κ2) is 9.15. The van der Waals surface area contributed by atoms with E-state index >= 15 is 0 Å². The van der Waals surface area contributed by atoms with Gasteiger partial charge in [0.2, 0.25) is 10.0 Å². The van der Waals surface area contributed by atoms with E-state index in [9.17, 15) is 18.5 Å². The normalized spacial score (nSPS) is 13.5. The molecule has 1 unspecified atom stereocenters. The summed E-state index contributed by atoms with van der Waals surface area (Å²) < 4.78 is 31.4. The predicted octanol–water partition coefficient (Wildman–Crippen LogP) is -0.188. The summed E-state index contributed by atoms with van der Waals surface area (Å²) in [6.07, 6.45) is 0.